The lowest BCUT2D eigenvalue weighted by Crippen LogP contribution is -2.28. The molecule has 0 fully saturated rings. The zero-order valence-electron chi connectivity index (χ0n) is 15.3. The van der Waals surface area contributed by atoms with Crippen LogP contribution in [0.15, 0.2) is 47.3 Å². The molecule has 136 valence electrons. The number of hydrogen-bond donors (Lipinski definition) is 2. The summed E-state index contributed by atoms with van der Waals surface area (Å²) in [5, 5.41) is 10.9. The Hall–Kier alpha value is -3.48. The van der Waals surface area contributed by atoms with Crippen molar-refractivity contribution in [2.45, 2.75) is 26.8 Å². The number of hydrogen-bond acceptors (Lipinski definition) is 4. The lowest BCUT2D eigenvalue weighted by atomic mass is 10.0. The van der Waals surface area contributed by atoms with Gasteiger partial charge in [0.25, 0.3) is 11.5 Å². The van der Waals surface area contributed by atoms with E-state index in [0.717, 1.165) is 11.1 Å². The largest absolute Gasteiger partial charge is 0.344 e. The van der Waals surface area contributed by atoms with Crippen LogP contribution in [0.3, 0.4) is 0 Å². The lowest BCUT2D eigenvalue weighted by Gasteiger charge is -2.15. The molecule has 0 radical (unpaired) electrons. The van der Waals surface area contributed by atoms with Gasteiger partial charge in [0.05, 0.1) is 17.1 Å². The molecule has 0 aliphatic carbocycles. The molecule has 7 nitrogen and oxygen atoms in total. The van der Waals surface area contributed by atoms with Gasteiger partial charge in [-0.05, 0) is 49.6 Å². The van der Waals surface area contributed by atoms with E-state index in [1.807, 2.05) is 57.2 Å². The van der Waals surface area contributed by atoms with Crippen molar-refractivity contribution in [2.75, 3.05) is 0 Å². The Kier molecular flexibility index (Phi) is 3.99. The molecule has 7 heteroatoms. The molecule has 2 N–H and O–H groups in total. The van der Waals surface area contributed by atoms with Crippen LogP contribution in [0.2, 0.25) is 0 Å². The fourth-order valence-corrected chi connectivity index (χ4v) is 3.13. The van der Waals surface area contributed by atoms with E-state index < -0.39 is 11.5 Å². The Balaban J connectivity index is 1.71. The molecule has 0 aliphatic heterocycles. The van der Waals surface area contributed by atoms with E-state index in [0.29, 0.717) is 11.0 Å². The molecule has 2 aromatic heterocycles. The van der Waals surface area contributed by atoms with Gasteiger partial charge < -0.3 is 10.3 Å². The summed E-state index contributed by atoms with van der Waals surface area (Å²) >= 11 is 0. The van der Waals surface area contributed by atoms with Crippen LogP contribution in [0.5, 0.6) is 0 Å². The normalized spacial score (nSPS) is 12.4. The van der Waals surface area contributed by atoms with Crippen molar-refractivity contribution in [1.29, 1.82) is 0 Å². The molecular weight excluding hydrogens is 342 g/mol. The van der Waals surface area contributed by atoms with Crippen LogP contribution in [-0.4, -0.2) is 25.7 Å². The molecule has 0 aliphatic rings. The zero-order chi connectivity index (χ0) is 19.1. The Labute approximate surface area is 155 Å². The zero-order valence-corrected chi connectivity index (χ0v) is 15.3. The highest BCUT2D eigenvalue weighted by Crippen LogP contribution is 2.18. The summed E-state index contributed by atoms with van der Waals surface area (Å²) in [6.07, 6.45) is 0. The average molecular weight is 361 g/mol. The minimum atomic E-state index is -0.434. The molecule has 0 spiro atoms. The number of fused-ring (bicyclic) bond motifs is 3. The molecule has 1 amide bonds. The molecule has 27 heavy (non-hydrogen) atoms. The Morgan fingerprint density at radius 3 is 2.70 bits per heavy atom. The number of amides is 1. The van der Waals surface area contributed by atoms with Gasteiger partial charge in [-0.15, -0.1) is 5.10 Å². The molecular formula is C20H19N5O2. The summed E-state index contributed by atoms with van der Waals surface area (Å²) in [5.74, 6) is -0.434. The van der Waals surface area contributed by atoms with E-state index in [1.165, 1.54) is 10.1 Å². The Morgan fingerprint density at radius 2 is 1.93 bits per heavy atom. The number of aryl methyl sites for hydroxylation is 2. The quantitative estimate of drug-likeness (QED) is 0.587. The number of aromatic amines is 1. The van der Waals surface area contributed by atoms with E-state index in [4.69, 9.17) is 0 Å². The van der Waals surface area contributed by atoms with E-state index in [9.17, 15) is 9.59 Å². The van der Waals surface area contributed by atoms with Crippen LogP contribution in [-0.2, 0) is 0 Å². The summed E-state index contributed by atoms with van der Waals surface area (Å²) < 4.78 is 1.41. The van der Waals surface area contributed by atoms with E-state index >= 15 is 0 Å². The number of H-pyrrole nitrogens is 1. The van der Waals surface area contributed by atoms with Crippen molar-refractivity contribution < 1.29 is 4.79 Å². The smallest absolute Gasteiger partial charge is 0.277 e. The third-order valence-corrected chi connectivity index (χ3v) is 4.86. The molecule has 0 saturated heterocycles. The number of carbonyl (C=O) groups is 1. The lowest BCUT2D eigenvalue weighted by molar-refractivity contribution is 0.0936. The predicted molar refractivity (Wildman–Crippen MR) is 103 cm³/mol. The van der Waals surface area contributed by atoms with Crippen molar-refractivity contribution in [1.82, 2.24) is 25.1 Å². The SMILES string of the molecule is Cc1ccc([C@@H](C)NC(=O)c2nnn3c2c(=O)[nH]c2ccccc23)cc1C. The predicted octanol–water partition coefficient (Wildman–Crippen LogP) is 2.68. The second-order valence-electron chi connectivity index (χ2n) is 6.71. The van der Waals surface area contributed by atoms with Crippen LogP contribution in [0.25, 0.3) is 16.6 Å². The first-order valence-electron chi connectivity index (χ1n) is 8.70. The van der Waals surface area contributed by atoms with Crippen LogP contribution in [0.4, 0.5) is 0 Å². The first kappa shape index (κ1) is 17.0. The minimum Gasteiger partial charge on any atom is -0.344 e. The number of nitrogens with one attached hydrogen (secondary N) is 2. The van der Waals surface area contributed by atoms with Gasteiger partial charge in [-0.3, -0.25) is 9.59 Å². The van der Waals surface area contributed by atoms with Gasteiger partial charge in [-0.25, -0.2) is 4.52 Å². The maximum atomic E-state index is 12.8. The van der Waals surface area contributed by atoms with Gasteiger partial charge in [0.2, 0.25) is 0 Å². The second kappa shape index (κ2) is 6.35. The van der Waals surface area contributed by atoms with Gasteiger partial charge in [-0.2, -0.15) is 0 Å². The van der Waals surface area contributed by atoms with Crippen molar-refractivity contribution in [2.24, 2.45) is 0 Å². The number of para-hydroxylation sites is 2. The Morgan fingerprint density at radius 1 is 1.15 bits per heavy atom. The number of nitrogens with zero attached hydrogens (tertiary/aromatic N) is 3. The molecule has 0 bridgehead atoms. The summed E-state index contributed by atoms with van der Waals surface area (Å²) in [4.78, 5) is 28.0. The number of rotatable bonds is 3. The molecule has 2 heterocycles. The third-order valence-electron chi connectivity index (χ3n) is 4.86. The van der Waals surface area contributed by atoms with Crippen LogP contribution in [0, 0.1) is 13.8 Å². The van der Waals surface area contributed by atoms with E-state index in [1.54, 1.807) is 6.07 Å². The third kappa shape index (κ3) is 2.87. The molecule has 4 rings (SSSR count). The van der Waals surface area contributed by atoms with E-state index in [-0.39, 0.29) is 17.3 Å². The average Bonchev–Trinajstić information content (AvgIpc) is 3.10. The Bertz CT molecular complexity index is 1240. The van der Waals surface area contributed by atoms with Crippen LogP contribution in [0.1, 0.15) is 40.1 Å². The van der Waals surface area contributed by atoms with Gasteiger partial charge in [0.1, 0.15) is 0 Å². The van der Waals surface area contributed by atoms with Crippen molar-refractivity contribution in [3.05, 3.63) is 75.2 Å². The number of benzene rings is 2. The van der Waals surface area contributed by atoms with Gasteiger partial charge in [0.15, 0.2) is 11.2 Å². The monoisotopic (exact) mass is 361 g/mol. The maximum Gasteiger partial charge on any atom is 0.277 e. The van der Waals surface area contributed by atoms with Crippen LogP contribution < -0.4 is 10.9 Å². The highest BCUT2D eigenvalue weighted by molar-refractivity contribution is 5.99. The highest BCUT2D eigenvalue weighted by atomic mass is 16.2. The fourth-order valence-electron chi connectivity index (χ4n) is 3.13. The molecule has 2 aromatic carbocycles. The number of aromatic nitrogens is 4. The van der Waals surface area contributed by atoms with Crippen molar-refractivity contribution >= 4 is 22.5 Å². The summed E-state index contributed by atoms with van der Waals surface area (Å²) in [6.45, 7) is 5.97. The topological polar surface area (TPSA) is 92.2 Å². The first-order chi connectivity index (χ1) is 13.0. The van der Waals surface area contributed by atoms with Crippen molar-refractivity contribution in [3.8, 4) is 0 Å². The molecule has 1 atom stereocenters. The number of carbonyl (C=O) groups excluding carboxylic acids is 1. The molecule has 0 unspecified atom stereocenters. The van der Waals surface area contributed by atoms with Gasteiger partial charge >= 0.3 is 0 Å². The van der Waals surface area contributed by atoms with Gasteiger partial charge in [0, 0.05) is 0 Å². The summed E-state index contributed by atoms with van der Waals surface area (Å²) in [5.41, 5.74) is 4.41. The minimum absolute atomic E-state index is 0.0117. The summed E-state index contributed by atoms with van der Waals surface area (Å²) in [7, 11) is 0. The standard InChI is InChI=1S/C20H19N5O2/c1-11-8-9-14(10-12(11)2)13(3)21-19(26)17-18-20(27)22-15-6-4-5-7-16(15)25(18)24-23-17/h4-10,13H,1-3H3,(H,21,26)(H,22,27)/t13-/m1/s1. The van der Waals surface area contributed by atoms with Crippen molar-refractivity contribution in [3.63, 3.8) is 0 Å². The molecule has 0 saturated carbocycles. The van der Waals surface area contributed by atoms with Crippen LogP contribution >= 0.6 is 0 Å². The fraction of sp³-hybridized carbons (Fsp3) is 0.200. The second-order valence-corrected chi connectivity index (χ2v) is 6.71. The summed E-state index contributed by atoms with van der Waals surface area (Å²) in [6, 6.07) is 13.1. The first-order valence-corrected chi connectivity index (χ1v) is 8.70. The maximum absolute atomic E-state index is 12.8. The van der Waals surface area contributed by atoms with E-state index in [2.05, 4.69) is 20.6 Å². The van der Waals surface area contributed by atoms with Gasteiger partial charge in [-0.1, -0.05) is 35.5 Å². The molecule has 4 aromatic rings. The highest BCUT2D eigenvalue weighted by Gasteiger charge is 2.21.